The van der Waals surface area contributed by atoms with Crippen molar-refractivity contribution in [3.8, 4) is 5.75 Å². The van der Waals surface area contributed by atoms with Crippen molar-refractivity contribution in [3.63, 3.8) is 0 Å². The molecule has 2 aliphatic rings. The summed E-state index contributed by atoms with van der Waals surface area (Å²) in [6.45, 7) is 0.514. The molecule has 0 aromatic heterocycles. The van der Waals surface area contributed by atoms with Gasteiger partial charge in [-0.3, -0.25) is 4.79 Å². The van der Waals surface area contributed by atoms with E-state index in [4.69, 9.17) is 16.3 Å². The normalized spacial score (nSPS) is 23.8. The fourth-order valence-corrected chi connectivity index (χ4v) is 3.25. The standard InChI is InChI=1S/C15H18ClNO3/c16-11-5-3-4-10-12(6-9-20-13(10)11)17-14(18)15(19)7-1-2-8-15/h3-5,12,19H,1-2,6-9H2,(H,17,18). The highest BCUT2D eigenvalue weighted by molar-refractivity contribution is 6.32. The summed E-state index contributed by atoms with van der Waals surface area (Å²) in [6, 6.07) is 5.38. The summed E-state index contributed by atoms with van der Waals surface area (Å²) in [4.78, 5) is 12.3. The first kappa shape index (κ1) is 13.7. The van der Waals surface area contributed by atoms with Crippen LogP contribution in [0.25, 0.3) is 0 Å². The number of aliphatic hydroxyl groups is 1. The smallest absolute Gasteiger partial charge is 0.252 e. The van der Waals surface area contributed by atoms with E-state index >= 15 is 0 Å². The van der Waals surface area contributed by atoms with Gasteiger partial charge in [0.25, 0.3) is 5.91 Å². The van der Waals surface area contributed by atoms with Gasteiger partial charge in [0, 0.05) is 12.0 Å². The van der Waals surface area contributed by atoms with Crippen LogP contribution >= 0.6 is 11.6 Å². The highest BCUT2D eigenvalue weighted by Crippen LogP contribution is 2.38. The first-order valence-electron chi connectivity index (χ1n) is 7.05. The fourth-order valence-electron chi connectivity index (χ4n) is 3.02. The van der Waals surface area contributed by atoms with Crippen LogP contribution in [-0.4, -0.2) is 23.2 Å². The molecule has 3 rings (SSSR count). The van der Waals surface area contributed by atoms with E-state index in [1.807, 2.05) is 12.1 Å². The third-order valence-electron chi connectivity index (χ3n) is 4.18. The van der Waals surface area contributed by atoms with Gasteiger partial charge in [-0.1, -0.05) is 23.7 Å². The van der Waals surface area contributed by atoms with Crippen LogP contribution in [0.3, 0.4) is 0 Å². The lowest BCUT2D eigenvalue weighted by Crippen LogP contribution is -2.46. The van der Waals surface area contributed by atoms with Gasteiger partial charge < -0.3 is 15.2 Å². The maximum Gasteiger partial charge on any atom is 0.252 e. The molecule has 2 N–H and O–H groups in total. The minimum Gasteiger partial charge on any atom is -0.492 e. The Labute approximate surface area is 123 Å². The number of para-hydroxylation sites is 1. The Kier molecular flexibility index (Phi) is 3.61. The molecule has 1 fully saturated rings. The van der Waals surface area contributed by atoms with Crippen molar-refractivity contribution in [2.45, 2.75) is 43.7 Å². The zero-order valence-electron chi connectivity index (χ0n) is 11.2. The van der Waals surface area contributed by atoms with Crippen LogP contribution < -0.4 is 10.1 Å². The molecule has 1 atom stereocenters. The Balaban J connectivity index is 1.80. The third-order valence-corrected chi connectivity index (χ3v) is 4.48. The quantitative estimate of drug-likeness (QED) is 0.882. The molecule has 108 valence electrons. The van der Waals surface area contributed by atoms with Gasteiger partial charge in [-0.25, -0.2) is 0 Å². The van der Waals surface area contributed by atoms with Crippen LogP contribution in [0.5, 0.6) is 5.75 Å². The molecule has 0 radical (unpaired) electrons. The zero-order valence-corrected chi connectivity index (χ0v) is 11.9. The molecule has 0 spiro atoms. The molecule has 20 heavy (non-hydrogen) atoms. The van der Waals surface area contributed by atoms with E-state index < -0.39 is 5.60 Å². The molecule has 1 amide bonds. The summed E-state index contributed by atoms with van der Waals surface area (Å²) < 4.78 is 5.57. The molecule has 1 heterocycles. The summed E-state index contributed by atoms with van der Waals surface area (Å²) >= 11 is 6.11. The number of amides is 1. The van der Waals surface area contributed by atoms with Gasteiger partial charge in [0.15, 0.2) is 0 Å². The van der Waals surface area contributed by atoms with Crippen molar-refractivity contribution in [1.82, 2.24) is 5.32 Å². The maximum absolute atomic E-state index is 12.3. The summed E-state index contributed by atoms with van der Waals surface area (Å²) in [7, 11) is 0. The van der Waals surface area contributed by atoms with Crippen molar-refractivity contribution in [1.29, 1.82) is 0 Å². The number of benzene rings is 1. The molecule has 1 aliphatic heterocycles. The Morgan fingerprint density at radius 1 is 1.40 bits per heavy atom. The average Bonchev–Trinajstić information content (AvgIpc) is 2.88. The largest absolute Gasteiger partial charge is 0.492 e. The third kappa shape index (κ3) is 2.38. The first-order chi connectivity index (χ1) is 9.60. The molecular weight excluding hydrogens is 278 g/mol. The second kappa shape index (κ2) is 5.26. The molecule has 4 nitrogen and oxygen atoms in total. The number of hydrogen-bond donors (Lipinski definition) is 2. The SMILES string of the molecule is O=C(NC1CCOc2c(Cl)cccc21)C1(O)CCCC1. The van der Waals surface area contributed by atoms with Crippen LogP contribution in [0.15, 0.2) is 18.2 Å². The fraction of sp³-hybridized carbons (Fsp3) is 0.533. The summed E-state index contributed by atoms with van der Waals surface area (Å²) in [5.41, 5.74) is -0.310. The lowest BCUT2D eigenvalue weighted by molar-refractivity contribution is -0.140. The topological polar surface area (TPSA) is 58.6 Å². The Hall–Kier alpha value is -1.26. The van der Waals surface area contributed by atoms with E-state index in [1.54, 1.807) is 6.07 Å². The predicted octanol–water partition coefficient (Wildman–Crippen LogP) is 2.58. The van der Waals surface area contributed by atoms with E-state index in [0.717, 1.165) is 18.4 Å². The van der Waals surface area contributed by atoms with E-state index in [-0.39, 0.29) is 11.9 Å². The van der Waals surface area contributed by atoms with Crippen LogP contribution in [0, 0.1) is 0 Å². The van der Waals surface area contributed by atoms with E-state index in [9.17, 15) is 9.90 Å². The lowest BCUT2D eigenvalue weighted by Gasteiger charge is -2.30. The van der Waals surface area contributed by atoms with Crippen LogP contribution in [0.1, 0.15) is 43.7 Å². The van der Waals surface area contributed by atoms with E-state index in [2.05, 4.69) is 5.32 Å². The molecule has 0 bridgehead atoms. The second-order valence-corrected chi connectivity index (χ2v) is 5.97. The molecule has 1 aromatic carbocycles. The van der Waals surface area contributed by atoms with E-state index in [0.29, 0.717) is 36.6 Å². The Morgan fingerprint density at radius 2 is 2.15 bits per heavy atom. The summed E-state index contributed by atoms with van der Waals surface area (Å²) in [6.07, 6.45) is 3.59. The van der Waals surface area contributed by atoms with Gasteiger partial charge in [-0.05, 0) is 31.7 Å². The van der Waals surface area contributed by atoms with Crippen molar-refractivity contribution in [2.75, 3.05) is 6.61 Å². The Morgan fingerprint density at radius 3 is 2.90 bits per heavy atom. The number of hydrogen-bond acceptors (Lipinski definition) is 3. The summed E-state index contributed by atoms with van der Waals surface area (Å²) in [5, 5.41) is 13.8. The highest BCUT2D eigenvalue weighted by Gasteiger charge is 2.40. The van der Waals surface area contributed by atoms with E-state index in [1.165, 1.54) is 0 Å². The summed E-state index contributed by atoms with van der Waals surface area (Å²) in [5.74, 6) is 0.372. The van der Waals surface area contributed by atoms with Gasteiger partial charge in [-0.2, -0.15) is 0 Å². The number of carbonyl (C=O) groups is 1. The van der Waals surface area contributed by atoms with Crippen LogP contribution in [-0.2, 0) is 4.79 Å². The molecule has 1 aliphatic carbocycles. The first-order valence-corrected chi connectivity index (χ1v) is 7.42. The van der Waals surface area contributed by atoms with Gasteiger partial charge in [0.2, 0.25) is 0 Å². The number of ether oxygens (including phenoxy) is 1. The number of carbonyl (C=O) groups excluding carboxylic acids is 1. The average molecular weight is 296 g/mol. The van der Waals surface area contributed by atoms with Crippen LogP contribution in [0.4, 0.5) is 0 Å². The lowest BCUT2D eigenvalue weighted by atomic mass is 9.97. The molecule has 0 saturated heterocycles. The molecular formula is C15H18ClNO3. The molecule has 1 saturated carbocycles. The van der Waals surface area contributed by atoms with Gasteiger partial charge >= 0.3 is 0 Å². The highest BCUT2D eigenvalue weighted by atomic mass is 35.5. The monoisotopic (exact) mass is 295 g/mol. The molecule has 1 aromatic rings. The van der Waals surface area contributed by atoms with Crippen molar-refractivity contribution in [3.05, 3.63) is 28.8 Å². The van der Waals surface area contributed by atoms with Gasteiger partial charge in [0.05, 0.1) is 17.7 Å². The number of halogens is 1. The second-order valence-electron chi connectivity index (χ2n) is 5.56. The molecule has 1 unspecified atom stereocenters. The minimum atomic E-state index is -1.20. The van der Waals surface area contributed by atoms with Crippen molar-refractivity contribution < 1.29 is 14.6 Å². The maximum atomic E-state index is 12.3. The van der Waals surface area contributed by atoms with Crippen molar-refractivity contribution >= 4 is 17.5 Å². The van der Waals surface area contributed by atoms with Crippen molar-refractivity contribution in [2.24, 2.45) is 0 Å². The molecule has 5 heteroatoms. The minimum absolute atomic E-state index is 0.144. The van der Waals surface area contributed by atoms with Gasteiger partial charge in [-0.15, -0.1) is 0 Å². The predicted molar refractivity (Wildman–Crippen MR) is 75.9 cm³/mol. The zero-order chi connectivity index (χ0) is 14.2. The number of rotatable bonds is 2. The number of fused-ring (bicyclic) bond motifs is 1. The Bertz CT molecular complexity index is 526. The van der Waals surface area contributed by atoms with Gasteiger partial charge in [0.1, 0.15) is 11.4 Å². The number of nitrogens with one attached hydrogen (secondary N) is 1. The van der Waals surface area contributed by atoms with Crippen LogP contribution in [0.2, 0.25) is 5.02 Å².